The van der Waals surface area contributed by atoms with Gasteiger partial charge in [-0.3, -0.25) is 4.79 Å². The molecule has 0 radical (unpaired) electrons. The van der Waals surface area contributed by atoms with Crippen molar-refractivity contribution in [2.45, 2.75) is 32.7 Å². The third-order valence-corrected chi connectivity index (χ3v) is 3.93. The van der Waals surface area contributed by atoms with Crippen LogP contribution < -0.4 is 4.90 Å². The number of carbonyl (C=O) groups is 1. The third-order valence-electron chi connectivity index (χ3n) is 3.60. The first-order chi connectivity index (χ1) is 8.13. The number of halogens is 1. The first kappa shape index (κ1) is 12.4. The smallest absolute Gasteiger partial charge is 0.153 e. The molecule has 1 aliphatic heterocycles. The summed E-state index contributed by atoms with van der Waals surface area (Å²) in [6.07, 6.45) is 3.21. The molecule has 1 aromatic carbocycles. The van der Waals surface area contributed by atoms with E-state index in [0.717, 1.165) is 24.4 Å². The lowest BCUT2D eigenvalue weighted by Gasteiger charge is -2.39. The van der Waals surface area contributed by atoms with Crippen molar-refractivity contribution in [1.82, 2.24) is 0 Å². The van der Waals surface area contributed by atoms with Crippen molar-refractivity contribution in [3.8, 4) is 0 Å². The molecule has 0 saturated carbocycles. The maximum atomic E-state index is 11.2. The maximum absolute atomic E-state index is 11.2. The monoisotopic (exact) mass is 251 g/mol. The van der Waals surface area contributed by atoms with Crippen LogP contribution in [0.4, 0.5) is 5.69 Å². The van der Waals surface area contributed by atoms with Crippen molar-refractivity contribution < 1.29 is 4.79 Å². The molecule has 0 bridgehead atoms. The number of carbonyl (C=O) groups excluding carboxylic acids is 1. The van der Waals surface area contributed by atoms with Gasteiger partial charge >= 0.3 is 0 Å². The quantitative estimate of drug-likeness (QED) is 0.746. The van der Waals surface area contributed by atoms with Crippen LogP contribution in [-0.2, 0) is 0 Å². The van der Waals surface area contributed by atoms with Gasteiger partial charge in [0.15, 0.2) is 6.29 Å². The van der Waals surface area contributed by atoms with Gasteiger partial charge in [0.05, 0.1) is 10.6 Å². The lowest BCUT2D eigenvalue weighted by atomic mass is 9.92. The Hall–Kier alpha value is -1.02. The van der Waals surface area contributed by atoms with E-state index in [1.165, 1.54) is 12.8 Å². The Morgan fingerprint density at radius 2 is 2.18 bits per heavy atom. The second kappa shape index (κ2) is 5.09. The highest BCUT2D eigenvalue weighted by Crippen LogP contribution is 2.32. The molecule has 2 atom stereocenters. The van der Waals surface area contributed by atoms with E-state index in [1.807, 2.05) is 12.1 Å². The number of nitrogens with zero attached hydrogens (tertiary/aromatic N) is 1. The van der Waals surface area contributed by atoms with Crippen LogP contribution in [0.2, 0.25) is 5.02 Å². The fraction of sp³-hybridized carbons (Fsp3) is 0.500. The summed E-state index contributed by atoms with van der Waals surface area (Å²) < 4.78 is 0. The molecule has 2 nitrogen and oxygen atoms in total. The fourth-order valence-corrected chi connectivity index (χ4v) is 2.87. The van der Waals surface area contributed by atoms with Crippen molar-refractivity contribution in [3.05, 3.63) is 28.8 Å². The van der Waals surface area contributed by atoms with E-state index >= 15 is 0 Å². The standard InChI is InChI=1S/C14H18ClNO/c1-10-6-7-16(11(2)8-10)14-5-3-4-13(15)12(14)9-17/h3-5,9-11H,6-8H2,1-2H3. The summed E-state index contributed by atoms with van der Waals surface area (Å²) in [5, 5.41) is 0.545. The number of anilines is 1. The van der Waals surface area contributed by atoms with E-state index in [1.54, 1.807) is 6.07 Å². The summed E-state index contributed by atoms with van der Waals surface area (Å²) in [7, 11) is 0. The minimum atomic E-state index is 0.468. The Balaban J connectivity index is 2.33. The minimum absolute atomic E-state index is 0.468. The number of rotatable bonds is 2. The van der Waals surface area contributed by atoms with Crippen molar-refractivity contribution >= 4 is 23.6 Å². The van der Waals surface area contributed by atoms with Crippen LogP contribution >= 0.6 is 11.6 Å². The van der Waals surface area contributed by atoms with Crippen LogP contribution in [0.25, 0.3) is 0 Å². The molecule has 2 rings (SSSR count). The summed E-state index contributed by atoms with van der Waals surface area (Å²) in [5.41, 5.74) is 1.60. The molecule has 0 amide bonds. The van der Waals surface area contributed by atoms with E-state index in [2.05, 4.69) is 18.7 Å². The van der Waals surface area contributed by atoms with Gasteiger partial charge in [0, 0.05) is 18.3 Å². The summed E-state index contributed by atoms with van der Waals surface area (Å²) >= 11 is 6.07. The van der Waals surface area contributed by atoms with Crippen molar-refractivity contribution in [3.63, 3.8) is 0 Å². The fourth-order valence-electron chi connectivity index (χ4n) is 2.66. The molecule has 1 saturated heterocycles. The Kier molecular flexibility index (Phi) is 3.72. The van der Waals surface area contributed by atoms with E-state index < -0.39 is 0 Å². The van der Waals surface area contributed by atoms with E-state index in [4.69, 9.17) is 11.6 Å². The van der Waals surface area contributed by atoms with Crippen LogP contribution in [0.1, 0.15) is 37.0 Å². The summed E-state index contributed by atoms with van der Waals surface area (Å²) in [4.78, 5) is 13.5. The van der Waals surface area contributed by atoms with Gasteiger partial charge in [-0.15, -0.1) is 0 Å². The van der Waals surface area contributed by atoms with E-state index in [-0.39, 0.29) is 0 Å². The third kappa shape index (κ3) is 2.47. The van der Waals surface area contributed by atoms with E-state index in [0.29, 0.717) is 16.6 Å². The van der Waals surface area contributed by atoms with Gasteiger partial charge in [-0.2, -0.15) is 0 Å². The highest BCUT2D eigenvalue weighted by atomic mass is 35.5. The van der Waals surface area contributed by atoms with Gasteiger partial charge in [0.25, 0.3) is 0 Å². The van der Waals surface area contributed by atoms with Crippen LogP contribution in [0.5, 0.6) is 0 Å². The zero-order valence-corrected chi connectivity index (χ0v) is 11.1. The van der Waals surface area contributed by atoms with Gasteiger partial charge in [0.2, 0.25) is 0 Å². The topological polar surface area (TPSA) is 20.3 Å². The van der Waals surface area contributed by atoms with Crippen LogP contribution in [0.3, 0.4) is 0 Å². The Labute approximate surface area is 108 Å². The molecule has 1 aromatic rings. The van der Waals surface area contributed by atoms with E-state index in [9.17, 15) is 4.79 Å². The lowest BCUT2D eigenvalue weighted by molar-refractivity contribution is 0.112. The van der Waals surface area contributed by atoms with Gasteiger partial charge < -0.3 is 4.90 Å². The normalized spacial score (nSPS) is 24.8. The van der Waals surface area contributed by atoms with Crippen molar-refractivity contribution in [2.75, 3.05) is 11.4 Å². The van der Waals surface area contributed by atoms with Crippen molar-refractivity contribution in [1.29, 1.82) is 0 Å². The number of hydrogen-bond donors (Lipinski definition) is 0. The van der Waals surface area contributed by atoms with Crippen LogP contribution in [0.15, 0.2) is 18.2 Å². The molecule has 1 heterocycles. The lowest BCUT2D eigenvalue weighted by Crippen LogP contribution is -2.40. The Morgan fingerprint density at radius 3 is 2.82 bits per heavy atom. The average Bonchev–Trinajstić information content (AvgIpc) is 2.29. The molecular formula is C14H18ClNO. The molecule has 2 unspecified atom stereocenters. The highest BCUT2D eigenvalue weighted by molar-refractivity contribution is 6.33. The summed E-state index contributed by atoms with van der Waals surface area (Å²) in [6, 6.07) is 6.14. The first-order valence-electron chi connectivity index (χ1n) is 6.13. The Bertz CT molecular complexity index is 419. The molecule has 0 aliphatic carbocycles. The predicted octanol–water partition coefficient (Wildman–Crippen LogP) is 3.78. The van der Waals surface area contributed by atoms with Crippen LogP contribution in [-0.4, -0.2) is 18.9 Å². The predicted molar refractivity (Wildman–Crippen MR) is 72.0 cm³/mol. The SMILES string of the molecule is CC1CCN(c2cccc(Cl)c2C=O)C(C)C1. The molecule has 0 N–H and O–H groups in total. The summed E-state index contributed by atoms with van der Waals surface area (Å²) in [6.45, 7) is 5.50. The molecular weight excluding hydrogens is 234 g/mol. The molecule has 3 heteroatoms. The largest absolute Gasteiger partial charge is 0.368 e. The minimum Gasteiger partial charge on any atom is -0.368 e. The van der Waals surface area contributed by atoms with Gasteiger partial charge in [-0.1, -0.05) is 24.6 Å². The molecule has 1 fully saturated rings. The summed E-state index contributed by atoms with van der Waals surface area (Å²) in [5.74, 6) is 0.764. The maximum Gasteiger partial charge on any atom is 0.153 e. The molecule has 17 heavy (non-hydrogen) atoms. The number of aldehydes is 1. The zero-order chi connectivity index (χ0) is 12.4. The number of piperidine rings is 1. The average molecular weight is 252 g/mol. The molecule has 1 aliphatic rings. The molecule has 0 spiro atoms. The second-order valence-corrected chi connectivity index (χ2v) is 5.37. The Morgan fingerprint density at radius 1 is 1.41 bits per heavy atom. The molecule has 92 valence electrons. The number of benzene rings is 1. The first-order valence-corrected chi connectivity index (χ1v) is 6.51. The number of hydrogen-bond acceptors (Lipinski definition) is 2. The molecule has 0 aromatic heterocycles. The van der Waals surface area contributed by atoms with Gasteiger partial charge in [0.1, 0.15) is 0 Å². The second-order valence-electron chi connectivity index (χ2n) is 4.96. The van der Waals surface area contributed by atoms with Crippen molar-refractivity contribution in [2.24, 2.45) is 5.92 Å². The zero-order valence-electron chi connectivity index (χ0n) is 10.3. The van der Waals surface area contributed by atoms with Gasteiger partial charge in [-0.25, -0.2) is 0 Å². The highest BCUT2D eigenvalue weighted by Gasteiger charge is 2.25. The van der Waals surface area contributed by atoms with Gasteiger partial charge in [-0.05, 0) is 37.8 Å². The van der Waals surface area contributed by atoms with Crippen LogP contribution in [0, 0.1) is 5.92 Å².